The molecule has 0 saturated carbocycles. The number of pyridine rings is 1. The first-order chi connectivity index (χ1) is 11.5. The van der Waals surface area contributed by atoms with Crippen molar-refractivity contribution < 1.29 is 14.3 Å². The molecule has 0 atom stereocenters. The minimum Gasteiger partial charge on any atom is -0.478 e. The van der Waals surface area contributed by atoms with Crippen LogP contribution in [0.4, 0.5) is 10.2 Å². The summed E-state index contributed by atoms with van der Waals surface area (Å²) in [6.45, 7) is 5.70. The van der Waals surface area contributed by atoms with E-state index in [9.17, 15) is 14.3 Å². The average molecular weight is 328 g/mol. The Hall–Kier alpha value is -2.43. The number of carboxylic acid groups (broad SMARTS) is 1. The lowest BCUT2D eigenvalue weighted by molar-refractivity contribution is 0.0698. The SMILES string of the molecule is CC(C)c1cc(-c2ccc(F)cc2)c(C(=O)O)c(N2CCCC2)n1. The molecule has 1 fully saturated rings. The lowest BCUT2D eigenvalue weighted by Crippen LogP contribution is -2.23. The van der Waals surface area contributed by atoms with Crippen molar-refractivity contribution in [1.82, 2.24) is 4.98 Å². The standard InChI is InChI=1S/C19H21FN2O2/c1-12(2)16-11-15(13-5-7-14(20)8-6-13)17(19(23)24)18(21-16)22-9-3-4-10-22/h5-8,11-12H,3-4,9-10H2,1-2H3,(H,23,24). The van der Waals surface area contributed by atoms with Gasteiger partial charge in [-0.25, -0.2) is 14.2 Å². The van der Waals surface area contributed by atoms with Gasteiger partial charge in [0, 0.05) is 24.3 Å². The summed E-state index contributed by atoms with van der Waals surface area (Å²) in [5, 5.41) is 9.81. The van der Waals surface area contributed by atoms with Crippen LogP contribution in [0, 0.1) is 5.82 Å². The Morgan fingerprint density at radius 2 is 1.83 bits per heavy atom. The second-order valence-electron chi connectivity index (χ2n) is 6.45. The zero-order valence-electron chi connectivity index (χ0n) is 13.9. The number of halogens is 1. The van der Waals surface area contributed by atoms with Gasteiger partial charge in [0.25, 0.3) is 0 Å². The third-order valence-electron chi connectivity index (χ3n) is 4.39. The summed E-state index contributed by atoms with van der Waals surface area (Å²) >= 11 is 0. The first-order valence-corrected chi connectivity index (χ1v) is 8.26. The van der Waals surface area contributed by atoms with E-state index in [1.165, 1.54) is 12.1 Å². The summed E-state index contributed by atoms with van der Waals surface area (Å²) in [4.78, 5) is 18.7. The van der Waals surface area contributed by atoms with Gasteiger partial charge in [-0.15, -0.1) is 0 Å². The maximum Gasteiger partial charge on any atom is 0.340 e. The second kappa shape index (κ2) is 6.59. The summed E-state index contributed by atoms with van der Waals surface area (Å²) in [5.74, 6) is -0.633. The van der Waals surface area contributed by atoms with E-state index in [-0.39, 0.29) is 17.3 Å². The third-order valence-corrected chi connectivity index (χ3v) is 4.39. The van der Waals surface area contributed by atoms with E-state index in [0.29, 0.717) is 16.9 Å². The minimum atomic E-state index is -1.00. The summed E-state index contributed by atoms with van der Waals surface area (Å²) in [7, 11) is 0. The van der Waals surface area contributed by atoms with E-state index in [0.717, 1.165) is 31.6 Å². The molecule has 0 aliphatic carbocycles. The molecule has 0 radical (unpaired) electrons. The number of anilines is 1. The lowest BCUT2D eigenvalue weighted by atomic mass is 9.96. The molecule has 1 aliphatic rings. The molecule has 2 heterocycles. The average Bonchev–Trinajstić information content (AvgIpc) is 3.08. The zero-order valence-corrected chi connectivity index (χ0v) is 13.9. The van der Waals surface area contributed by atoms with Gasteiger partial charge in [-0.05, 0) is 42.5 Å². The van der Waals surface area contributed by atoms with Crippen LogP contribution in [-0.4, -0.2) is 29.1 Å². The molecule has 1 N–H and O–H groups in total. The largest absolute Gasteiger partial charge is 0.478 e. The second-order valence-corrected chi connectivity index (χ2v) is 6.45. The molecule has 4 nitrogen and oxygen atoms in total. The monoisotopic (exact) mass is 328 g/mol. The van der Waals surface area contributed by atoms with E-state index in [1.54, 1.807) is 12.1 Å². The fourth-order valence-electron chi connectivity index (χ4n) is 3.07. The molecule has 1 aromatic carbocycles. The third kappa shape index (κ3) is 3.11. The van der Waals surface area contributed by atoms with Crippen LogP contribution in [0.2, 0.25) is 0 Å². The molecule has 5 heteroatoms. The summed E-state index contributed by atoms with van der Waals surface area (Å²) in [6.07, 6.45) is 2.08. The Kier molecular flexibility index (Phi) is 4.51. The highest BCUT2D eigenvalue weighted by Crippen LogP contribution is 2.34. The van der Waals surface area contributed by atoms with Crippen molar-refractivity contribution in [2.24, 2.45) is 0 Å². The maximum absolute atomic E-state index is 13.3. The number of rotatable bonds is 4. The number of hydrogen-bond acceptors (Lipinski definition) is 3. The number of aromatic nitrogens is 1. The van der Waals surface area contributed by atoms with Gasteiger partial charge in [-0.1, -0.05) is 26.0 Å². The van der Waals surface area contributed by atoms with Crippen LogP contribution in [0.3, 0.4) is 0 Å². The first kappa shape index (κ1) is 16.4. The number of benzene rings is 1. The normalized spacial score (nSPS) is 14.4. The molecular formula is C19H21FN2O2. The molecule has 3 rings (SSSR count). The molecule has 1 aliphatic heterocycles. The molecule has 24 heavy (non-hydrogen) atoms. The van der Waals surface area contributed by atoms with Gasteiger partial charge in [-0.3, -0.25) is 0 Å². The van der Waals surface area contributed by atoms with Gasteiger partial charge in [0.2, 0.25) is 0 Å². The van der Waals surface area contributed by atoms with Gasteiger partial charge in [0.15, 0.2) is 0 Å². The number of nitrogens with zero attached hydrogens (tertiary/aromatic N) is 2. The quantitative estimate of drug-likeness (QED) is 0.908. The highest BCUT2D eigenvalue weighted by Gasteiger charge is 2.26. The van der Waals surface area contributed by atoms with Crippen molar-refractivity contribution in [1.29, 1.82) is 0 Å². The molecule has 0 spiro atoms. The van der Waals surface area contributed by atoms with Crippen LogP contribution >= 0.6 is 0 Å². The van der Waals surface area contributed by atoms with Crippen molar-refractivity contribution in [3.8, 4) is 11.1 Å². The molecular weight excluding hydrogens is 307 g/mol. The van der Waals surface area contributed by atoms with Crippen molar-refractivity contribution in [2.75, 3.05) is 18.0 Å². The summed E-state index contributed by atoms with van der Waals surface area (Å²) in [5.41, 5.74) is 2.34. The zero-order chi connectivity index (χ0) is 17.3. The predicted molar refractivity (Wildman–Crippen MR) is 92.1 cm³/mol. The Labute approximate surface area is 141 Å². The molecule has 2 aromatic rings. The van der Waals surface area contributed by atoms with E-state index >= 15 is 0 Å². The van der Waals surface area contributed by atoms with Crippen LogP contribution in [0.5, 0.6) is 0 Å². The smallest absolute Gasteiger partial charge is 0.340 e. The van der Waals surface area contributed by atoms with Gasteiger partial charge in [0.1, 0.15) is 17.2 Å². The summed E-state index contributed by atoms with van der Waals surface area (Å²) in [6, 6.07) is 7.77. The fraction of sp³-hybridized carbons (Fsp3) is 0.368. The van der Waals surface area contributed by atoms with Crippen molar-refractivity contribution in [3.63, 3.8) is 0 Å². The van der Waals surface area contributed by atoms with E-state index in [2.05, 4.69) is 4.98 Å². The minimum absolute atomic E-state index is 0.174. The highest BCUT2D eigenvalue weighted by atomic mass is 19.1. The highest BCUT2D eigenvalue weighted by molar-refractivity contribution is 6.01. The van der Waals surface area contributed by atoms with Crippen LogP contribution in [0.1, 0.15) is 48.7 Å². The molecule has 126 valence electrons. The number of carbonyl (C=O) groups is 1. The Morgan fingerprint density at radius 1 is 1.21 bits per heavy atom. The van der Waals surface area contributed by atoms with Crippen molar-refractivity contribution in [2.45, 2.75) is 32.6 Å². The van der Waals surface area contributed by atoms with Crippen LogP contribution in [-0.2, 0) is 0 Å². The molecule has 0 amide bonds. The maximum atomic E-state index is 13.3. The molecule has 1 saturated heterocycles. The van der Waals surface area contributed by atoms with Gasteiger partial charge >= 0.3 is 5.97 Å². The van der Waals surface area contributed by atoms with Crippen molar-refractivity contribution >= 4 is 11.8 Å². The van der Waals surface area contributed by atoms with Gasteiger partial charge in [0.05, 0.1) is 0 Å². The van der Waals surface area contributed by atoms with Crippen molar-refractivity contribution in [3.05, 3.63) is 47.4 Å². The summed E-state index contributed by atoms with van der Waals surface area (Å²) < 4.78 is 13.3. The van der Waals surface area contributed by atoms with E-state index in [1.807, 2.05) is 24.8 Å². The number of hydrogen-bond donors (Lipinski definition) is 1. The van der Waals surface area contributed by atoms with Crippen LogP contribution in [0.25, 0.3) is 11.1 Å². The van der Waals surface area contributed by atoms with Crippen LogP contribution < -0.4 is 4.90 Å². The topological polar surface area (TPSA) is 53.4 Å². The lowest BCUT2D eigenvalue weighted by Gasteiger charge is -2.23. The Balaban J connectivity index is 2.24. The molecule has 0 unspecified atom stereocenters. The first-order valence-electron chi connectivity index (χ1n) is 8.26. The van der Waals surface area contributed by atoms with E-state index < -0.39 is 5.97 Å². The predicted octanol–water partition coefficient (Wildman–Crippen LogP) is 4.31. The van der Waals surface area contributed by atoms with E-state index in [4.69, 9.17) is 0 Å². The number of carboxylic acids is 1. The van der Waals surface area contributed by atoms with Crippen LogP contribution in [0.15, 0.2) is 30.3 Å². The molecule has 0 bridgehead atoms. The Morgan fingerprint density at radius 3 is 2.38 bits per heavy atom. The van der Waals surface area contributed by atoms with Gasteiger partial charge in [-0.2, -0.15) is 0 Å². The molecule has 1 aromatic heterocycles. The van der Waals surface area contributed by atoms with Gasteiger partial charge < -0.3 is 10.0 Å². The Bertz CT molecular complexity index is 751. The fourth-order valence-corrected chi connectivity index (χ4v) is 3.07. The number of aromatic carboxylic acids is 1.